The van der Waals surface area contributed by atoms with Gasteiger partial charge in [0, 0.05) is 39.3 Å². The Hall–Kier alpha value is -0.740. The second-order valence-corrected chi connectivity index (χ2v) is 7.53. The third-order valence-electron chi connectivity index (χ3n) is 3.29. The lowest BCUT2D eigenvalue weighted by Crippen LogP contribution is -2.38. The minimum absolute atomic E-state index is 0.110. The molecule has 0 unspecified atom stereocenters. The molecule has 0 saturated carbocycles. The van der Waals surface area contributed by atoms with Crippen LogP contribution in [0.1, 0.15) is 26.7 Å². The van der Waals surface area contributed by atoms with E-state index < -0.39 is 16.1 Å². The number of carboxylic acid groups (broad SMARTS) is 1. The average Bonchev–Trinajstić information content (AvgIpc) is 2.42. The SMILES string of the molecule is CC(C)CCN(CCNCCNCCC(=O)O)CCS(=O)(=O)O. The third-order valence-corrected chi connectivity index (χ3v) is 3.99. The Kier molecular flexibility index (Phi) is 12.2. The van der Waals surface area contributed by atoms with E-state index in [1.807, 2.05) is 4.90 Å². The maximum Gasteiger partial charge on any atom is 0.304 e. The predicted molar refractivity (Wildman–Crippen MR) is 90.3 cm³/mol. The minimum atomic E-state index is -3.93. The molecule has 4 N–H and O–H groups in total. The summed E-state index contributed by atoms with van der Waals surface area (Å²) in [7, 11) is -3.93. The summed E-state index contributed by atoms with van der Waals surface area (Å²) >= 11 is 0. The van der Waals surface area contributed by atoms with Crippen molar-refractivity contribution in [3.05, 3.63) is 0 Å². The monoisotopic (exact) mass is 353 g/mol. The zero-order chi connectivity index (χ0) is 17.7. The molecule has 9 heteroatoms. The first-order valence-corrected chi connectivity index (χ1v) is 9.62. The van der Waals surface area contributed by atoms with Crippen LogP contribution in [0.3, 0.4) is 0 Å². The summed E-state index contributed by atoms with van der Waals surface area (Å²) in [5.74, 6) is -0.526. The Bertz CT molecular complexity index is 415. The van der Waals surface area contributed by atoms with Crippen molar-refractivity contribution in [1.82, 2.24) is 15.5 Å². The number of carbonyl (C=O) groups is 1. The van der Waals surface area contributed by atoms with Crippen LogP contribution in [0.25, 0.3) is 0 Å². The van der Waals surface area contributed by atoms with Gasteiger partial charge in [-0.3, -0.25) is 9.35 Å². The molecule has 0 fully saturated rings. The lowest BCUT2D eigenvalue weighted by molar-refractivity contribution is -0.136. The van der Waals surface area contributed by atoms with Crippen molar-refractivity contribution in [2.24, 2.45) is 5.92 Å². The van der Waals surface area contributed by atoms with E-state index in [9.17, 15) is 13.2 Å². The highest BCUT2D eigenvalue weighted by molar-refractivity contribution is 7.85. The molecule has 0 aromatic carbocycles. The van der Waals surface area contributed by atoms with E-state index >= 15 is 0 Å². The van der Waals surface area contributed by atoms with Crippen LogP contribution in [-0.4, -0.2) is 80.5 Å². The molecule has 0 radical (unpaired) electrons. The molecule has 0 aliphatic carbocycles. The third kappa shape index (κ3) is 17.4. The van der Waals surface area contributed by atoms with Gasteiger partial charge in [0.25, 0.3) is 10.1 Å². The lowest BCUT2D eigenvalue weighted by atomic mass is 10.1. The molecule has 0 saturated heterocycles. The van der Waals surface area contributed by atoms with E-state index in [1.165, 1.54) is 0 Å². The van der Waals surface area contributed by atoms with Gasteiger partial charge < -0.3 is 20.6 Å². The molecule has 0 heterocycles. The van der Waals surface area contributed by atoms with Crippen LogP contribution in [0.15, 0.2) is 0 Å². The fraction of sp³-hybridized carbons (Fsp3) is 0.929. The van der Waals surface area contributed by atoms with Crippen molar-refractivity contribution in [2.45, 2.75) is 26.7 Å². The first kappa shape index (κ1) is 22.3. The summed E-state index contributed by atoms with van der Waals surface area (Å²) in [4.78, 5) is 12.4. The van der Waals surface area contributed by atoms with Gasteiger partial charge in [0.15, 0.2) is 0 Å². The summed E-state index contributed by atoms with van der Waals surface area (Å²) in [5.41, 5.74) is 0. The van der Waals surface area contributed by atoms with E-state index in [0.29, 0.717) is 38.6 Å². The zero-order valence-corrected chi connectivity index (χ0v) is 14.9. The number of carboxylic acids is 1. The number of nitrogens with zero attached hydrogens (tertiary/aromatic N) is 1. The van der Waals surface area contributed by atoms with Crippen molar-refractivity contribution in [1.29, 1.82) is 0 Å². The van der Waals surface area contributed by atoms with E-state index in [1.54, 1.807) is 0 Å². The molecule has 0 rings (SSSR count). The highest BCUT2D eigenvalue weighted by atomic mass is 32.2. The summed E-state index contributed by atoms with van der Waals surface area (Å²) < 4.78 is 30.6. The van der Waals surface area contributed by atoms with Crippen LogP contribution in [0.4, 0.5) is 0 Å². The molecule has 0 aliphatic rings. The molecule has 138 valence electrons. The molecule has 0 aromatic rings. The molecule has 23 heavy (non-hydrogen) atoms. The first-order chi connectivity index (χ1) is 10.7. The second kappa shape index (κ2) is 12.7. The van der Waals surface area contributed by atoms with Crippen molar-refractivity contribution in [3.8, 4) is 0 Å². The highest BCUT2D eigenvalue weighted by Gasteiger charge is 2.11. The molecule has 0 aromatic heterocycles. The number of hydrogen-bond donors (Lipinski definition) is 4. The fourth-order valence-corrected chi connectivity index (χ4v) is 2.37. The van der Waals surface area contributed by atoms with Crippen LogP contribution >= 0.6 is 0 Å². The van der Waals surface area contributed by atoms with Gasteiger partial charge in [-0.05, 0) is 18.9 Å². The molecule has 0 aliphatic heterocycles. The topological polar surface area (TPSA) is 119 Å². The standard InChI is InChI=1S/C14H31N3O5S/c1-13(2)4-9-17(11-12-23(20,21)22)10-8-16-7-6-15-5-3-14(18)19/h13,15-16H,3-12H2,1-2H3,(H,18,19)(H,20,21,22). The van der Waals surface area contributed by atoms with Crippen molar-refractivity contribution < 1.29 is 22.9 Å². The van der Waals surface area contributed by atoms with Gasteiger partial charge in [-0.25, -0.2) is 0 Å². The molecular formula is C14H31N3O5S. The molecule has 0 bridgehead atoms. The maximum absolute atomic E-state index is 10.9. The van der Waals surface area contributed by atoms with E-state index in [0.717, 1.165) is 19.5 Å². The van der Waals surface area contributed by atoms with Crippen molar-refractivity contribution in [3.63, 3.8) is 0 Å². The number of rotatable bonds is 15. The van der Waals surface area contributed by atoms with Crippen LogP contribution in [0, 0.1) is 5.92 Å². The zero-order valence-electron chi connectivity index (χ0n) is 14.1. The van der Waals surface area contributed by atoms with Gasteiger partial charge >= 0.3 is 5.97 Å². The molecule has 0 spiro atoms. The van der Waals surface area contributed by atoms with Crippen molar-refractivity contribution >= 4 is 16.1 Å². The van der Waals surface area contributed by atoms with Gasteiger partial charge in [0.05, 0.1) is 12.2 Å². The van der Waals surface area contributed by atoms with Crippen molar-refractivity contribution in [2.75, 3.05) is 51.6 Å². The van der Waals surface area contributed by atoms with Crippen LogP contribution in [0.5, 0.6) is 0 Å². The Labute approximate surface area is 139 Å². The Morgan fingerprint density at radius 3 is 2.17 bits per heavy atom. The van der Waals surface area contributed by atoms with Gasteiger partial charge in [0.1, 0.15) is 0 Å². The molecule has 8 nitrogen and oxygen atoms in total. The van der Waals surface area contributed by atoms with Crippen LogP contribution in [0.2, 0.25) is 0 Å². The maximum atomic E-state index is 10.9. The number of nitrogens with one attached hydrogen (secondary N) is 2. The number of aliphatic carboxylic acids is 1. The normalized spacial score (nSPS) is 12.2. The Balaban J connectivity index is 3.83. The predicted octanol–water partition coefficient (Wildman–Crippen LogP) is -0.124. The highest BCUT2D eigenvalue weighted by Crippen LogP contribution is 2.02. The van der Waals surface area contributed by atoms with Gasteiger partial charge in [0.2, 0.25) is 0 Å². The van der Waals surface area contributed by atoms with Crippen LogP contribution < -0.4 is 10.6 Å². The fourth-order valence-electron chi connectivity index (χ4n) is 1.88. The largest absolute Gasteiger partial charge is 0.481 e. The van der Waals surface area contributed by atoms with E-state index in [2.05, 4.69) is 24.5 Å². The van der Waals surface area contributed by atoms with Gasteiger partial charge in [-0.2, -0.15) is 8.42 Å². The Morgan fingerprint density at radius 2 is 1.65 bits per heavy atom. The number of hydrogen-bond acceptors (Lipinski definition) is 6. The summed E-state index contributed by atoms with van der Waals surface area (Å²) in [5, 5.41) is 14.7. The summed E-state index contributed by atoms with van der Waals surface area (Å²) in [6.45, 7) is 8.62. The second-order valence-electron chi connectivity index (χ2n) is 5.95. The van der Waals surface area contributed by atoms with Gasteiger partial charge in [-0.15, -0.1) is 0 Å². The van der Waals surface area contributed by atoms with E-state index in [4.69, 9.17) is 9.66 Å². The molecule has 0 atom stereocenters. The van der Waals surface area contributed by atoms with Crippen LogP contribution in [-0.2, 0) is 14.9 Å². The smallest absolute Gasteiger partial charge is 0.304 e. The van der Waals surface area contributed by atoms with Gasteiger partial charge in [-0.1, -0.05) is 13.8 Å². The summed E-state index contributed by atoms with van der Waals surface area (Å²) in [6.07, 6.45) is 1.08. The average molecular weight is 353 g/mol. The quantitative estimate of drug-likeness (QED) is 0.238. The van der Waals surface area contributed by atoms with E-state index in [-0.39, 0.29) is 12.2 Å². The molecular weight excluding hydrogens is 322 g/mol. The minimum Gasteiger partial charge on any atom is -0.481 e. The lowest BCUT2D eigenvalue weighted by Gasteiger charge is -2.22. The summed E-state index contributed by atoms with van der Waals surface area (Å²) in [6, 6.07) is 0. The Morgan fingerprint density at radius 1 is 1.04 bits per heavy atom. The first-order valence-electron chi connectivity index (χ1n) is 8.01. The molecule has 0 amide bonds.